The molecule has 0 radical (unpaired) electrons. The Morgan fingerprint density at radius 3 is 1.03 bits per heavy atom. The van der Waals surface area contributed by atoms with Gasteiger partial charge in [-0.15, -0.1) is 0 Å². The molecule has 35 heteroatoms. The van der Waals surface area contributed by atoms with Crippen LogP contribution in [0.5, 0.6) is 0 Å². The van der Waals surface area contributed by atoms with E-state index in [4.69, 9.17) is 54.7 Å². The lowest BCUT2D eigenvalue weighted by atomic mass is 10.0. The number of aromatic amines is 8. The number of halogens is 3. The number of fused-ring (bicyclic) bond motifs is 8. The minimum absolute atomic E-state index is 0.0355. The van der Waals surface area contributed by atoms with Gasteiger partial charge in [0.2, 0.25) is 17.7 Å². The van der Waals surface area contributed by atoms with Crippen LogP contribution in [0.15, 0.2) is 293 Å². The number of carbonyl (C=O) groups excluding carboxylic acids is 4. The third-order valence-electron chi connectivity index (χ3n) is 24.4. The van der Waals surface area contributed by atoms with Crippen LogP contribution < -0.4 is 16.0 Å². The lowest BCUT2D eigenvalue weighted by molar-refractivity contribution is -0.119. The highest BCUT2D eigenvalue weighted by molar-refractivity contribution is 6.31. The number of nitrogens with one attached hydrogen (secondary N) is 11. The van der Waals surface area contributed by atoms with Crippen LogP contribution in [0.4, 0.5) is 17.1 Å². The van der Waals surface area contributed by atoms with Gasteiger partial charge in [0.15, 0.2) is 45.9 Å². The monoisotopic (exact) mass is 1980 g/mol. The van der Waals surface area contributed by atoms with E-state index in [0.717, 1.165) is 183 Å². The van der Waals surface area contributed by atoms with Gasteiger partial charge in [-0.1, -0.05) is 173 Å². The number of hydrogen-bond donors (Lipinski definition) is 11. The van der Waals surface area contributed by atoms with Crippen molar-refractivity contribution in [2.75, 3.05) is 16.0 Å². The van der Waals surface area contributed by atoms with E-state index < -0.39 is 0 Å². The number of carbonyl (C=O) groups is 4. The first-order chi connectivity index (χ1) is 71.2. The van der Waals surface area contributed by atoms with Crippen molar-refractivity contribution in [3.05, 3.63) is 314 Å². The van der Waals surface area contributed by atoms with Crippen LogP contribution in [-0.4, -0.2) is 149 Å². The highest BCUT2D eigenvalue weighted by Crippen LogP contribution is 2.41. The average Bonchev–Trinajstić information content (AvgIpc) is 1.62. The summed E-state index contributed by atoms with van der Waals surface area (Å²) in [5, 5.41) is 43.9. The SMILES string of the molecule is CC(C)C(=O)Nc1cncc(-c2cnc3n[nH]c(-c4nc5c(-c6cccc(Cl)c6)cccc5[nH]4)c3c2)c1.CC(C)CC(=O)Nc1cncc(-c2cnc3n[nH]c(-c4nc5c(-c6cccc(Cl)c6)cccc5[nH]4)c3c2)c1.CCC(=O)Cc1ccc(-c2cnc3n[nH]c(-c4nc5c(-c6ccccn6)cccc5[nH]4)c3c2)cn1.CCC(=O)Nc1cncc(-c2cnc3n[nH]c(-c4nc5c(-c6cccc(Cl)c6)cccc5[nH]4)c3c2)c1. The Bertz CT molecular complexity index is 9090. The third-order valence-corrected chi connectivity index (χ3v) is 25.1. The smallest absolute Gasteiger partial charge is 0.226 e. The lowest BCUT2D eigenvalue weighted by Crippen LogP contribution is -2.17. The number of hydrogen-bond acceptors (Lipinski definition) is 21. The highest BCUT2D eigenvalue weighted by Gasteiger charge is 2.25. The van der Waals surface area contributed by atoms with Gasteiger partial charge in [-0.3, -0.25) is 64.5 Å². The number of imidazole rings is 4. The molecule has 3 amide bonds. The number of amides is 3. The van der Waals surface area contributed by atoms with Crippen LogP contribution in [0.25, 0.3) is 223 Å². The Hall–Kier alpha value is -18.4. The Balaban J connectivity index is 0.000000114. The second-order valence-electron chi connectivity index (χ2n) is 35.4. The van der Waals surface area contributed by atoms with E-state index in [-0.39, 0.29) is 35.3 Å². The molecule has 24 aromatic rings. The maximum Gasteiger partial charge on any atom is 0.226 e. The van der Waals surface area contributed by atoms with Crippen molar-refractivity contribution in [1.29, 1.82) is 0 Å². The normalized spacial score (nSPS) is 11.4. The van der Waals surface area contributed by atoms with E-state index in [1.54, 1.807) is 81.3 Å². The topological polar surface area (TPSA) is 450 Å². The van der Waals surface area contributed by atoms with Crippen LogP contribution in [0.3, 0.4) is 0 Å². The number of aromatic nitrogens is 25. The first kappa shape index (κ1) is 93.9. The highest BCUT2D eigenvalue weighted by atomic mass is 35.5. The van der Waals surface area contributed by atoms with E-state index in [1.165, 1.54) is 0 Å². The van der Waals surface area contributed by atoms with Gasteiger partial charge in [0.05, 0.1) is 107 Å². The van der Waals surface area contributed by atoms with Gasteiger partial charge >= 0.3 is 0 Å². The van der Waals surface area contributed by atoms with Crippen LogP contribution in [0, 0.1) is 11.8 Å². The summed E-state index contributed by atoms with van der Waals surface area (Å²) >= 11 is 18.7. The molecule has 17 heterocycles. The predicted molar refractivity (Wildman–Crippen MR) is 573 cm³/mol. The quantitative estimate of drug-likeness (QED) is 0.0300. The summed E-state index contributed by atoms with van der Waals surface area (Å²) in [7, 11) is 0. The van der Waals surface area contributed by atoms with E-state index in [0.29, 0.717) is 104 Å². The molecule has 0 aliphatic carbocycles. The number of nitrogens with zero attached hydrogens (tertiary/aromatic N) is 17. The Kier molecular flexibility index (Phi) is 26.4. The molecule has 17 aromatic heterocycles. The molecule has 11 N–H and O–H groups in total. The molecule has 0 saturated heterocycles. The van der Waals surface area contributed by atoms with Crippen LogP contribution >= 0.6 is 34.8 Å². The molecule has 0 aliphatic heterocycles. The van der Waals surface area contributed by atoms with Gasteiger partial charge < -0.3 is 35.9 Å². The maximum atomic E-state index is 12.2. The van der Waals surface area contributed by atoms with Gasteiger partial charge in [-0.2, -0.15) is 20.4 Å². The summed E-state index contributed by atoms with van der Waals surface area (Å²) in [6, 6.07) is 70.6. The van der Waals surface area contributed by atoms with Crippen molar-refractivity contribution < 1.29 is 19.2 Å². The third kappa shape index (κ3) is 20.1. The zero-order valence-corrected chi connectivity index (χ0v) is 81.3. The number of H-pyrrole nitrogens is 8. The average molecular weight is 1980 g/mol. The molecule has 0 atom stereocenters. The number of pyridine rings is 9. The molecule has 0 saturated carbocycles. The molecular weight excluding hydrogens is 1900 g/mol. The molecule has 0 unspecified atom stereocenters. The molecule has 716 valence electrons. The largest absolute Gasteiger partial charge is 0.337 e. The molecule has 32 nitrogen and oxygen atoms in total. The second-order valence-corrected chi connectivity index (χ2v) is 36.7. The van der Waals surface area contributed by atoms with E-state index in [9.17, 15) is 19.2 Å². The summed E-state index contributed by atoms with van der Waals surface area (Å²) < 4.78 is 0. The van der Waals surface area contributed by atoms with Crippen LogP contribution in [-0.2, 0) is 25.6 Å². The zero-order valence-electron chi connectivity index (χ0n) is 79.1. The fourth-order valence-corrected chi connectivity index (χ4v) is 17.7. The van der Waals surface area contributed by atoms with Gasteiger partial charge in [-0.25, -0.2) is 39.9 Å². The fraction of sp³-hybridized carbons (Fsp3) is 0.108. The number of ketones is 1. The molecule has 146 heavy (non-hydrogen) atoms. The van der Waals surface area contributed by atoms with Gasteiger partial charge in [0.1, 0.15) is 28.6 Å². The van der Waals surface area contributed by atoms with Gasteiger partial charge in [-0.05, 0) is 144 Å². The van der Waals surface area contributed by atoms with Crippen molar-refractivity contribution in [3.63, 3.8) is 0 Å². The molecule has 0 aliphatic rings. The zero-order chi connectivity index (χ0) is 100. The maximum absolute atomic E-state index is 12.2. The van der Waals surface area contributed by atoms with Gasteiger partial charge in [0, 0.05) is 175 Å². The fourth-order valence-electron chi connectivity index (χ4n) is 17.1. The van der Waals surface area contributed by atoms with Gasteiger partial charge in [0.25, 0.3) is 0 Å². The number of Topliss-reactive ketones (excluding diaryl/α,β-unsaturated/α-hetero) is 1. The molecule has 0 spiro atoms. The summed E-state index contributed by atoms with van der Waals surface area (Å²) in [5.74, 6) is 2.80. The molecule has 0 fully saturated rings. The molecule has 7 aromatic carbocycles. The van der Waals surface area contributed by atoms with E-state index >= 15 is 0 Å². The first-order valence-electron chi connectivity index (χ1n) is 46.9. The number of benzene rings is 7. The molecule has 24 rings (SSSR count). The van der Waals surface area contributed by atoms with Crippen LogP contribution in [0.2, 0.25) is 15.1 Å². The van der Waals surface area contributed by atoms with E-state index in [1.807, 2.05) is 253 Å². The lowest BCUT2D eigenvalue weighted by Gasteiger charge is -2.09. The Morgan fingerprint density at radius 2 is 0.678 bits per heavy atom. The summed E-state index contributed by atoms with van der Waals surface area (Å²) in [5.41, 5.74) is 29.6. The number of anilines is 3. The van der Waals surface area contributed by atoms with Crippen molar-refractivity contribution >= 4 is 164 Å². The Morgan fingerprint density at radius 1 is 0.322 bits per heavy atom. The van der Waals surface area contributed by atoms with E-state index in [2.05, 4.69) is 122 Å². The molecule has 0 bridgehead atoms. The summed E-state index contributed by atoms with van der Waals surface area (Å²) in [6.07, 6.45) is 22.4. The first-order valence-corrected chi connectivity index (χ1v) is 48.1. The van der Waals surface area contributed by atoms with Crippen molar-refractivity contribution in [3.8, 4) is 135 Å². The predicted octanol–water partition coefficient (Wildman–Crippen LogP) is 24.7. The minimum Gasteiger partial charge on any atom is -0.337 e. The number of para-hydroxylation sites is 4. The number of rotatable bonds is 22. The minimum atomic E-state index is -0.127. The molecular formula is C111H87Cl3N28O4. The second kappa shape index (κ2) is 41.0. The van der Waals surface area contributed by atoms with Crippen molar-refractivity contribution in [2.24, 2.45) is 11.8 Å². The Labute approximate surface area is 846 Å². The standard InChI is InChI=1S/C29H24ClN7O.C28H22ClN7O.C27H20ClN7O.C27H21N7O/c1-16(2)9-25(38)33-21-11-18(13-31-15-21)19-12-23-27(36-37-28(23)32-14-19)29-34-24-8-4-7-22(26(24)35-29)17-5-3-6-20(30)10-17;1-15(2)28(37)32-20-10-17(12-30-14-20)18-11-22-25(35-36-26(22)31-13-18)27-33-23-8-4-7-21(24(23)34-27)16-5-3-6-19(29)9-16;1-2-23(36)31-19-10-16(12-29-14-19)17-11-21-25(34-35-26(21)30-13-17)27-32-22-8-4-7-20(24(22)33-27)15-5-3-6-18(28)9-15;1-2-19(35)13-18-10-9-16(14-29-18)17-12-21-25(33-34-26(21)30-15-17)27-31-23-8-5-6-20(24(23)32-27)22-7-3-4-11-28-22/h3-8,10-16H,9H2,1-2H3,(H,33,38)(H,34,35)(H,32,36,37);3-15H,1-2H3,(H,32,37)(H,33,34)(H,31,35,36);3-14H,2H2,1H3,(H,31,36)(H,32,33)(H,30,34,35);3-12,14-15H,2,13H2,1H3,(H,31,32)(H,30,33,34). The summed E-state index contributed by atoms with van der Waals surface area (Å²) in [6.45, 7) is 11.4. The van der Waals surface area contributed by atoms with Crippen molar-refractivity contribution in [1.82, 2.24) is 126 Å². The van der Waals surface area contributed by atoms with Crippen molar-refractivity contribution in [2.45, 2.75) is 67.2 Å². The summed E-state index contributed by atoms with van der Waals surface area (Å²) in [4.78, 5) is 121. The van der Waals surface area contributed by atoms with Crippen LogP contribution in [0.1, 0.15) is 66.5 Å².